The lowest BCUT2D eigenvalue weighted by Crippen LogP contribution is -2.38. The van der Waals surface area contributed by atoms with E-state index in [9.17, 15) is 9.59 Å². The van der Waals surface area contributed by atoms with Crippen LogP contribution in [0.5, 0.6) is 0 Å². The van der Waals surface area contributed by atoms with Crippen molar-refractivity contribution in [3.05, 3.63) is 0 Å². The monoisotopic (exact) mass is 526 g/mol. The number of hydrogen-bond donors (Lipinski definition) is 0. The van der Waals surface area contributed by atoms with Crippen molar-refractivity contribution in [3.63, 3.8) is 0 Å². The Morgan fingerprint density at radius 2 is 0.865 bits per heavy atom. The Bertz CT molecular complexity index is 562. The van der Waals surface area contributed by atoms with Crippen molar-refractivity contribution in [3.8, 4) is 0 Å². The van der Waals surface area contributed by atoms with Crippen LogP contribution in [0.2, 0.25) is 0 Å². The van der Waals surface area contributed by atoms with E-state index in [1.165, 1.54) is 70.6 Å². The first kappa shape index (κ1) is 33.6. The molecule has 0 bridgehead atoms. The highest BCUT2D eigenvalue weighted by Crippen LogP contribution is 2.25. The smallest absolute Gasteiger partial charge is 0.434 e. The third-order valence-corrected chi connectivity index (χ3v) is 7.18. The molecule has 1 aliphatic rings. The maximum Gasteiger partial charge on any atom is 0.508 e. The number of hydrogen-bond acceptors (Lipinski definition) is 6. The first-order valence-electron chi connectivity index (χ1n) is 15.5. The number of carbonyl (C=O) groups excluding carboxylic acids is 2. The highest BCUT2D eigenvalue weighted by Gasteiger charge is 2.32. The molecule has 1 fully saturated rings. The zero-order chi connectivity index (χ0) is 27.1. The summed E-state index contributed by atoms with van der Waals surface area (Å²) in [5, 5.41) is 0. The first-order chi connectivity index (χ1) is 17.9. The maximum atomic E-state index is 12.2. The van der Waals surface area contributed by atoms with Crippen molar-refractivity contribution in [2.75, 3.05) is 13.2 Å². The molecule has 0 aliphatic heterocycles. The fourth-order valence-corrected chi connectivity index (χ4v) is 4.86. The van der Waals surface area contributed by atoms with Gasteiger partial charge in [0.1, 0.15) is 12.2 Å². The maximum absolute atomic E-state index is 12.2. The predicted octanol–water partition coefficient (Wildman–Crippen LogP) is 9.77. The molecule has 1 aliphatic carbocycles. The third-order valence-electron chi connectivity index (χ3n) is 7.18. The summed E-state index contributed by atoms with van der Waals surface area (Å²) in [4.78, 5) is 24.3. The Hall–Kier alpha value is -1.46. The second kappa shape index (κ2) is 22.5. The van der Waals surface area contributed by atoms with Crippen LogP contribution in [0.25, 0.3) is 0 Å². The van der Waals surface area contributed by atoms with Crippen molar-refractivity contribution in [1.82, 2.24) is 0 Å². The van der Waals surface area contributed by atoms with Crippen molar-refractivity contribution >= 4 is 12.3 Å². The normalized spacial score (nSPS) is 17.7. The molecular weight excluding hydrogens is 468 g/mol. The van der Waals surface area contributed by atoms with Crippen LogP contribution in [0.1, 0.15) is 150 Å². The van der Waals surface area contributed by atoms with Gasteiger partial charge in [-0.15, -0.1) is 0 Å². The van der Waals surface area contributed by atoms with Crippen molar-refractivity contribution < 1.29 is 28.5 Å². The lowest BCUT2D eigenvalue weighted by Gasteiger charge is -2.29. The summed E-state index contributed by atoms with van der Waals surface area (Å²) >= 11 is 0. The molecular formula is C31H58O6. The number of rotatable bonds is 21. The highest BCUT2D eigenvalue weighted by atomic mass is 16.8. The Balaban J connectivity index is 2.07. The Morgan fingerprint density at radius 3 is 1.22 bits per heavy atom. The fraction of sp³-hybridized carbons (Fsp3) is 0.935. The second-order valence-corrected chi connectivity index (χ2v) is 11.8. The molecule has 0 heterocycles. The highest BCUT2D eigenvalue weighted by molar-refractivity contribution is 5.61. The van der Waals surface area contributed by atoms with Crippen LogP contribution in [-0.4, -0.2) is 37.7 Å². The average molecular weight is 527 g/mol. The Kier molecular flexibility index (Phi) is 20.4. The van der Waals surface area contributed by atoms with Crippen molar-refractivity contribution in [2.45, 2.75) is 162 Å². The van der Waals surface area contributed by atoms with E-state index in [1.807, 2.05) is 0 Å². The summed E-state index contributed by atoms with van der Waals surface area (Å²) in [5.41, 5.74) is 0. The van der Waals surface area contributed by atoms with Gasteiger partial charge in [-0.3, -0.25) is 0 Å². The quantitative estimate of drug-likeness (QED) is 0.109. The van der Waals surface area contributed by atoms with E-state index in [2.05, 4.69) is 27.7 Å². The van der Waals surface area contributed by atoms with Gasteiger partial charge in [-0.05, 0) is 50.4 Å². The largest absolute Gasteiger partial charge is 0.508 e. The van der Waals surface area contributed by atoms with Gasteiger partial charge < -0.3 is 18.9 Å². The molecule has 2 unspecified atom stereocenters. The SMILES string of the molecule is CC(C)CCCCCCCCCOC(=O)OC1CCCCC1OC(=O)OCCCCCCCCC(C)C. The Morgan fingerprint density at radius 1 is 0.541 bits per heavy atom. The molecule has 0 aromatic rings. The van der Waals surface area contributed by atoms with Crippen LogP contribution in [0, 0.1) is 11.8 Å². The summed E-state index contributed by atoms with van der Waals surface area (Å²) in [6, 6.07) is 0. The summed E-state index contributed by atoms with van der Waals surface area (Å²) in [7, 11) is 0. The number of ether oxygens (including phenoxy) is 4. The lowest BCUT2D eigenvalue weighted by molar-refractivity contribution is -0.0713. The van der Waals surface area contributed by atoms with Gasteiger partial charge in [0.05, 0.1) is 13.2 Å². The molecule has 0 aromatic carbocycles. The van der Waals surface area contributed by atoms with Crippen LogP contribution in [0.15, 0.2) is 0 Å². The zero-order valence-corrected chi connectivity index (χ0v) is 24.6. The third kappa shape index (κ3) is 20.2. The molecule has 0 aromatic heterocycles. The topological polar surface area (TPSA) is 71.1 Å². The van der Waals surface area contributed by atoms with E-state index in [0.29, 0.717) is 26.1 Å². The molecule has 0 radical (unpaired) electrons. The summed E-state index contributed by atoms with van der Waals surface area (Å²) in [6.07, 6.45) is 18.9. The first-order valence-corrected chi connectivity index (χ1v) is 15.5. The number of unbranched alkanes of at least 4 members (excludes halogenated alkanes) is 11. The molecule has 0 spiro atoms. The van der Waals surface area contributed by atoms with Gasteiger partial charge in [0.15, 0.2) is 0 Å². The standard InChI is InChI=1S/C31H58O6/c1-26(2)20-14-10-6-5-8-12-18-24-34-30(32)36-28-22-16-17-23-29(28)37-31(33)35-25-19-13-9-7-11-15-21-27(3)4/h26-29H,5-25H2,1-4H3. The van der Waals surface area contributed by atoms with E-state index in [0.717, 1.165) is 50.4 Å². The second-order valence-electron chi connectivity index (χ2n) is 11.8. The Labute approximate surface area is 227 Å². The zero-order valence-electron chi connectivity index (χ0n) is 24.6. The minimum atomic E-state index is -0.657. The van der Waals surface area contributed by atoms with Crippen LogP contribution in [0.4, 0.5) is 9.59 Å². The molecule has 6 heteroatoms. The van der Waals surface area contributed by atoms with Crippen LogP contribution >= 0.6 is 0 Å². The molecule has 1 saturated carbocycles. The van der Waals surface area contributed by atoms with Crippen LogP contribution < -0.4 is 0 Å². The van der Waals surface area contributed by atoms with Gasteiger partial charge in [0.2, 0.25) is 0 Å². The summed E-state index contributed by atoms with van der Waals surface area (Å²) in [5.74, 6) is 1.59. The van der Waals surface area contributed by atoms with E-state index >= 15 is 0 Å². The van der Waals surface area contributed by atoms with E-state index in [-0.39, 0.29) is 0 Å². The van der Waals surface area contributed by atoms with Crippen molar-refractivity contribution in [2.24, 2.45) is 11.8 Å². The minimum Gasteiger partial charge on any atom is -0.434 e. The molecule has 0 amide bonds. The summed E-state index contributed by atoms with van der Waals surface area (Å²) < 4.78 is 21.6. The van der Waals surface area contributed by atoms with E-state index in [4.69, 9.17) is 18.9 Å². The van der Waals surface area contributed by atoms with Crippen LogP contribution in [-0.2, 0) is 18.9 Å². The van der Waals surface area contributed by atoms with Gasteiger partial charge >= 0.3 is 12.3 Å². The fourth-order valence-electron chi connectivity index (χ4n) is 4.86. The van der Waals surface area contributed by atoms with Crippen LogP contribution in [0.3, 0.4) is 0 Å². The van der Waals surface area contributed by atoms with Gasteiger partial charge in [-0.25, -0.2) is 9.59 Å². The molecule has 0 saturated heterocycles. The van der Waals surface area contributed by atoms with Gasteiger partial charge in [0, 0.05) is 0 Å². The molecule has 1 rings (SSSR count). The molecule has 6 nitrogen and oxygen atoms in total. The van der Waals surface area contributed by atoms with Gasteiger partial charge in [0.25, 0.3) is 0 Å². The molecule has 0 N–H and O–H groups in total. The van der Waals surface area contributed by atoms with E-state index < -0.39 is 24.5 Å². The minimum absolute atomic E-state index is 0.378. The molecule has 2 atom stereocenters. The predicted molar refractivity (Wildman–Crippen MR) is 150 cm³/mol. The summed E-state index contributed by atoms with van der Waals surface area (Å²) in [6.45, 7) is 9.85. The van der Waals surface area contributed by atoms with Gasteiger partial charge in [-0.2, -0.15) is 0 Å². The number of carbonyl (C=O) groups is 2. The average Bonchev–Trinajstić information content (AvgIpc) is 2.85. The van der Waals surface area contributed by atoms with Gasteiger partial charge in [-0.1, -0.05) is 111 Å². The molecule has 218 valence electrons. The van der Waals surface area contributed by atoms with E-state index in [1.54, 1.807) is 0 Å². The van der Waals surface area contributed by atoms with Crippen molar-refractivity contribution in [1.29, 1.82) is 0 Å². The lowest BCUT2D eigenvalue weighted by atomic mass is 9.95. The molecule has 37 heavy (non-hydrogen) atoms.